The summed E-state index contributed by atoms with van der Waals surface area (Å²) in [5.41, 5.74) is 4.09. The number of nitrogens with one attached hydrogen (secondary N) is 1. The van der Waals surface area contributed by atoms with Gasteiger partial charge in [-0.15, -0.1) is 0 Å². The van der Waals surface area contributed by atoms with Crippen LogP contribution in [0.3, 0.4) is 0 Å². The van der Waals surface area contributed by atoms with E-state index in [1.54, 1.807) is 0 Å². The van der Waals surface area contributed by atoms with Crippen LogP contribution in [0.4, 0.5) is 23.8 Å². The van der Waals surface area contributed by atoms with Crippen molar-refractivity contribution < 1.29 is 27.5 Å². The number of rotatable bonds is 5. The number of piperidine rings is 1. The zero-order valence-corrected chi connectivity index (χ0v) is 13.4. The number of nitrogens with two attached hydrogens (primary N) is 1. The topological polar surface area (TPSA) is 97.6 Å². The van der Waals surface area contributed by atoms with Gasteiger partial charge in [0.2, 0.25) is 0 Å². The number of hydrogen-bond acceptors (Lipinski definition) is 5. The van der Waals surface area contributed by atoms with E-state index in [0.29, 0.717) is 25.5 Å². The maximum atomic E-state index is 12.5. The Morgan fingerprint density at radius 1 is 1.32 bits per heavy atom. The minimum Gasteiger partial charge on any atom is -0.439 e. The molecule has 1 aliphatic heterocycles. The van der Waals surface area contributed by atoms with Crippen molar-refractivity contribution >= 4 is 17.8 Å². The van der Waals surface area contributed by atoms with E-state index in [1.807, 2.05) is 4.90 Å². The minimum absolute atomic E-state index is 0.215. The van der Waals surface area contributed by atoms with Crippen LogP contribution < -0.4 is 16.0 Å². The Morgan fingerprint density at radius 3 is 2.52 bits per heavy atom. The lowest BCUT2D eigenvalue weighted by atomic mass is 9.97. The predicted molar refractivity (Wildman–Crippen MR) is 82.7 cm³/mol. The van der Waals surface area contributed by atoms with Crippen LogP contribution in [0.15, 0.2) is 18.3 Å². The van der Waals surface area contributed by atoms with Crippen molar-refractivity contribution in [1.82, 2.24) is 10.3 Å². The van der Waals surface area contributed by atoms with E-state index in [9.17, 15) is 22.8 Å². The molecule has 1 fully saturated rings. The Kier molecular flexibility index (Phi) is 6.05. The van der Waals surface area contributed by atoms with Crippen LogP contribution in [0.2, 0.25) is 0 Å². The third-order valence-electron chi connectivity index (χ3n) is 3.89. The van der Waals surface area contributed by atoms with Crippen LogP contribution in [0.5, 0.6) is 0 Å². The normalized spacial score (nSPS) is 15.7. The predicted octanol–water partition coefficient (Wildman–Crippen LogP) is 1.53. The van der Waals surface area contributed by atoms with Crippen molar-refractivity contribution in [3.63, 3.8) is 0 Å². The van der Waals surface area contributed by atoms with Crippen LogP contribution in [0, 0.1) is 5.92 Å². The Bertz CT molecular complexity index is 599. The van der Waals surface area contributed by atoms with Crippen LogP contribution in [0.25, 0.3) is 0 Å². The average Bonchev–Trinajstić information content (AvgIpc) is 2.58. The summed E-state index contributed by atoms with van der Waals surface area (Å²) < 4.78 is 42.2. The molecule has 0 aliphatic carbocycles. The highest BCUT2D eigenvalue weighted by molar-refractivity contribution is 5.78. The monoisotopic (exact) mass is 360 g/mol. The largest absolute Gasteiger partial charge is 0.439 e. The number of pyridine rings is 1. The highest BCUT2D eigenvalue weighted by atomic mass is 19.4. The van der Waals surface area contributed by atoms with Gasteiger partial charge in [-0.2, -0.15) is 13.2 Å². The van der Waals surface area contributed by atoms with E-state index in [2.05, 4.69) is 15.0 Å². The van der Waals surface area contributed by atoms with Gasteiger partial charge >= 0.3 is 12.3 Å². The van der Waals surface area contributed by atoms with Crippen molar-refractivity contribution in [1.29, 1.82) is 0 Å². The molecular weight excluding hydrogens is 341 g/mol. The molecule has 1 aromatic heterocycles. The van der Waals surface area contributed by atoms with Gasteiger partial charge in [0.05, 0.1) is 5.56 Å². The molecule has 0 unspecified atom stereocenters. The number of anilines is 1. The first-order valence-corrected chi connectivity index (χ1v) is 7.73. The molecule has 3 N–H and O–H groups in total. The fourth-order valence-electron chi connectivity index (χ4n) is 2.52. The molecule has 2 heterocycles. The van der Waals surface area contributed by atoms with Crippen molar-refractivity contribution in [3.8, 4) is 0 Å². The number of nitrogens with zero attached hydrogens (tertiary/aromatic N) is 2. The van der Waals surface area contributed by atoms with Gasteiger partial charge in [-0.25, -0.2) is 9.78 Å². The molecule has 138 valence electrons. The third kappa shape index (κ3) is 5.80. The summed E-state index contributed by atoms with van der Waals surface area (Å²) >= 11 is 0. The number of halogens is 3. The summed E-state index contributed by atoms with van der Waals surface area (Å²) in [5, 5.41) is 2.56. The van der Waals surface area contributed by atoms with Crippen LogP contribution >= 0.6 is 0 Å². The molecule has 1 aromatic rings. The Hall–Kier alpha value is -2.52. The molecule has 0 spiro atoms. The molecule has 1 aliphatic rings. The number of carbonyl (C=O) groups is 2. The summed E-state index contributed by atoms with van der Waals surface area (Å²) in [6.45, 7) is 1.18. The molecule has 0 saturated carbocycles. The van der Waals surface area contributed by atoms with Crippen molar-refractivity contribution in [2.45, 2.75) is 19.0 Å². The second kappa shape index (κ2) is 8.04. The smallest absolute Gasteiger partial charge is 0.417 e. The molecule has 0 radical (unpaired) electrons. The van der Waals surface area contributed by atoms with Crippen LogP contribution in [-0.4, -0.2) is 43.2 Å². The zero-order valence-electron chi connectivity index (χ0n) is 13.4. The molecule has 2 rings (SSSR count). The molecule has 0 atom stereocenters. The lowest BCUT2D eigenvalue weighted by Crippen LogP contribution is -2.39. The summed E-state index contributed by atoms with van der Waals surface area (Å²) in [6, 6.07) is 2.38. The van der Waals surface area contributed by atoms with Gasteiger partial charge in [-0.3, -0.25) is 4.79 Å². The van der Waals surface area contributed by atoms with Gasteiger partial charge in [0.15, 0.2) is 6.61 Å². The molecule has 2 amide bonds. The standard InChI is InChI=1S/C15H19F3N4O3/c16-15(17,18)11-1-2-13(20-8-11)22-5-3-10(4-6-22)7-21-14(24)25-9-12(19)23/h1-2,8,10H,3-7,9H2,(H2,19,23)(H,21,24). The number of alkyl carbamates (subject to hydrolysis) is 1. The van der Waals surface area contributed by atoms with Gasteiger partial charge in [-0.05, 0) is 30.9 Å². The van der Waals surface area contributed by atoms with Crippen LogP contribution in [-0.2, 0) is 15.7 Å². The van der Waals surface area contributed by atoms with Gasteiger partial charge in [0, 0.05) is 25.8 Å². The first kappa shape index (κ1) is 18.8. The van der Waals surface area contributed by atoms with E-state index >= 15 is 0 Å². The van der Waals surface area contributed by atoms with Gasteiger partial charge < -0.3 is 20.7 Å². The number of primary amides is 1. The number of carbonyl (C=O) groups excluding carboxylic acids is 2. The van der Waals surface area contributed by atoms with Crippen LogP contribution in [0.1, 0.15) is 18.4 Å². The number of hydrogen-bond donors (Lipinski definition) is 2. The van der Waals surface area contributed by atoms with Crippen molar-refractivity contribution in [3.05, 3.63) is 23.9 Å². The van der Waals surface area contributed by atoms with E-state index < -0.39 is 30.3 Å². The lowest BCUT2D eigenvalue weighted by Gasteiger charge is -2.32. The quantitative estimate of drug-likeness (QED) is 0.830. The summed E-state index contributed by atoms with van der Waals surface area (Å²) in [4.78, 5) is 27.6. The molecule has 7 nitrogen and oxygen atoms in total. The number of aromatic nitrogens is 1. The maximum absolute atomic E-state index is 12.5. The first-order chi connectivity index (χ1) is 11.8. The fraction of sp³-hybridized carbons (Fsp3) is 0.533. The fourth-order valence-corrected chi connectivity index (χ4v) is 2.52. The third-order valence-corrected chi connectivity index (χ3v) is 3.89. The Balaban J connectivity index is 1.76. The van der Waals surface area contributed by atoms with Crippen molar-refractivity contribution in [2.75, 3.05) is 31.1 Å². The van der Waals surface area contributed by atoms with E-state index in [0.717, 1.165) is 25.1 Å². The van der Waals surface area contributed by atoms with E-state index in [1.165, 1.54) is 6.07 Å². The number of amides is 2. The second-order valence-corrected chi connectivity index (χ2v) is 5.76. The molecule has 25 heavy (non-hydrogen) atoms. The summed E-state index contributed by atoms with van der Waals surface area (Å²) in [6.07, 6.45) is -2.77. The molecule has 0 aromatic carbocycles. The Labute approximate surface area is 142 Å². The minimum atomic E-state index is -4.40. The summed E-state index contributed by atoms with van der Waals surface area (Å²) in [5.74, 6) is -0.0143. The van der Waals surface area contributed by atoms with Gasteiger partial charge in [0.25, 0.3) is 5.91 Å². The zero-order chi connectivity index (χ0) is 18.4. The Morgan fingerprint density at radius 2 is 2.00 bits per heavy atom. The van der Waals surface area contributed by atoms with E-state index in [-0.39, 0.29) is 5.92 Å². The highest BCUT2D eigenvalue weighted by Gasteiger charge is 2.31. The maximum Gasteiger partial charge on any atom is 0.417 e. The number of ether oxygens (including phenoxy) is 1. The first-order valence-electron chi connectivity index (χ1n) is 7.73. The second-order valence-electron chi connectivity index (χ2n) is 5.76. The van der Waals surface area contributed by atoms with Gasteiger partial charge in [-0.1, -0.05) is 0 Å². The van der Waals surface area contributed by atoms with Gasteiger partial charge in [0.1, 0.15) is 5.82 Å². The average molecular weight is 360 g/mol. The molecule has 10 heteroatoms. The number of alkyl halides is 3. The molecule has 0 bridgehead atoms. The SMILES string of the molecule is NC(=O)COC(=O)NCC1CCN(c2ccc(C(F)(F)F)cn2)CC1. The molecular formula is C15H19F3N4O3. The lowest BCUT2D eigenvalue weighted by molar-refractivity contribution is -0.137. The molecule has 1 saturated heterocycles. The highest BCUT2D eigenvalue weighted by Crippen LogP contribution is 2.30. The van der Waals surface area contributed by atoms with E-state index in [4.69, 9.17) is 5.73 Å². The van der Waals surface area contributed by atoms with Crippen molar-refractivity contribution in [2.24, 2.45) is 11.7 Å². The summed E-state index contributed by atoms with van der Waals surface area (Å²) in [7, 11) is 0.